The van der Waals surface area contributed by atoms with Crippen molar-refractivity contribution in [2.75, 3.05) is 37.3 Å². The number of sulfonamides is 1. The lowest BCUT2D eigenvalue weighted by Gasteiger charge is -2.37. The Morgan fingerprint density at radius 3 is 2.54 bits per heavy atom. The number of nitrogens with zero attached hydrogens (tertiary/aromatic N) is 2. The van der Waals surface area contributed by atoms with Gasteiger partial charge in [-0.25, -0.2) is 12.7 Å². The standard InChI is InChI=1S/C20H27N3O4S/c1-3-28(26,27)23-10-8-20(9-11-23)16-12-15(18(24)21-13-14-4-5-14)6-7-17(16)22(2)19(20)25/h6-7,12,14H,3-5,8-11,13H2,1-2H3,(H,21,24). The van der Waals surface area contributed by atoms with Crippen LogP contribution in [0.2, 0.25) is 0 Å². The maximum Gasteiger partial charge on any atom is 0.251 e. The summed E-state index contributed by atoms with van der Waals surface area (Å²) in [6.07, 6.45) is 3.22. The molecule has 7 nitrogen and oxygen atoms in total. The second kappa shape index (κ2) is 6.84. The van der Waals surface area contributed by atoms with E-state index in [9.17, 15) is 18.0 Å². The van der Waals surface area contributed by atoms with Gasteiger partial charge in [-0.1, -0.05) is 0 Å². The van der Waals surface area contributed by atoms with Crippen LogP contribution in [0.15, 0.2) is 18.2 Å². The molecule has 4 rings (SSSR count). The minimum Gasteiger partial charge on any atom is -0.352 e. The smallest absolute Gasteiger partial charge is 0.251 e. The molecule has 8 heteroatoms. The Labute approximate surface area is 166 Å². The second-order valence-electron chi connectivity index (χ2n) is 8.13. The van der Waals surface area contributed by atoms with Gasteiger partial charge in [0.1, 0.15) is 0 Å². The number of fused-ring (bicyclic) bond motifs is 2. The quantitative estimate of drug-likeness (QED) is 0.804. The Kier molecular flexibility index (Phi) is 4.74. The lowest BCUT2D eigenvalue weighted by Crippen LogP contribution is -2.49. The maximum absolute atomic E-state index is 13.1. The first-order valence-electron chi connectivity index (χ1n) is 9.97. The SMILES string of the molecule is CCS(=O)(=O)N1CCC2(CC1)C(=O)N(C)c1ccc(C(=O)NCC3CC3)cc12. The number of anilines is 1. The number of rotatable bonds is 5. The molecule has 3 aliphatic rings. The Bertz CT molecular complexity index is 915. The van der Waals surface area contributed by atoms with Crippen molar-refractivity contribution in [2.24, 2.45) is 5.92 Å². The van der Waals surface area contributed by atoms with Gasteiger partial charge in [0, 0.05) is 37.9 Å². The number of carbonyl (C=O) groups excluding carboxylic acids is 2. The fraction of sp³-hybridized carbons (Fsp3) is 0.600. The van der Waals surface area contributed by atoms with Crippen LogP contribution in [0.3, 0.4) is 0 Å². The molecule has 0 aromatic heterocycles. The summed E-state index contributed by atoms with van der Waals surface area (Å²) in [6.45, 7) is 2.99. The summed E-state index contributed by atoms with van der Waals surface area (Å²) in [5.74, 6) is 0.544. The highest BCUT2D eigenvalue weighted by molar-refractivity contribution is 7.89. The molecule has 0 unspecified atom stereocenters. The number of hydrogen-bond acceptors (Lipinski definition) is 4. The van der Waals surface area contributed by atoms with Crippen LogP contribution in [0.25, 0.3) is 0 Å². The van der Waals surface area contributed by atoms with E-state index in [0.717, 1.165) is 11.3 Å². The van der Waals surface area contributed by atoms with Crippen molar-refractivity contribution in [3.8, 4) is 0 Å². The minimum atomic E-state index is -3.26. The molecule has 1 aromatic carbocycles. The summed E-state index contributed by atoms with van der Waals surface area (Å²) in [7, 11) is -1.51. The summed E-state index contributed by atoms with van der Waals surface area (Å²) in [5, 5.41) is 2.98. The van der Waals surface area contributed by atoms with Gasteiger partial charge >= 0.3 is 0 Å². The first-order valence-corrected chi connectivity index (χ1v) is 11.6. The predicted octanol–water partition coefficient (Wildman–Crippen LogP) is 1.49. The van der Waals surface area contributed by atoms with Crippen LogP contribution in [0.1, 0.15) is 48.5 Å². The molecular weight excluding hydrogens is 378 g/mol. The number of likely N-dealkylation sites (N-methyl/N-ethyl adjacent to an activating group) is 1. The Morgan fingerprint density at radius 1 is 1.25 bits per heavy atom. The van der Waals surface area contributed by atoms with E-state index in [-0.39, 0.29) is 17.6 Å². The molecule has 2 heterocycles. The number of piperidine rings is 1. The molecule has 0 atom stereocenters. The largest absolute Gasteiger partial charge is 0.352 e. The summed E-state index contributed by atoms with van der Waals surface area (Å²) in [4.78, 5) is 27.3. The van der Waals surface area contributed by atoms with Crippen LogP contribution in [0.5, 0.6) is 0 Å². The van der Waals surface area contributed by atoms with Gasteiger partial charge in [0.05, 0.1) is 11.2 Å². The number of hydrogen-bond donors (Lipinski definition) is 1. The molecule has 1 saturated carbocycles. The zero-order valence-electron chi connectivity index (χ0n) is 16.4. The van der Waals surface area contributed by atoms with Crippen molar-refractivity contribution in [3.63, 3.8) is 0 Å². The van der Waals surface area contributed by atoms with Crippen LogP contribution in [-0.4, -0.2) is 57.0 Å². The predicted molar refractivity (Wildman–Crippen MR) is 107 cm³/mol. The average Bonchev–Trinajstić information content (AvgIpc) is 3.52. The van der Waals surface area contributed by atoms with Crippen molar-refractivity contribution in [2.45, 2.75) is 38.0 Å². The Morgan fingerprint density at radius 2 is 1.93 bits per heavy atom. The van der Waals surface area contributed by atoms with Gasteiger partial charge < -0.3 is 10.2 Å². The molecule has 0 bridgehead atoms. The molecule has 2 aliphatic heterocycles. The van der Waals surface area contributed by atoms with Gasteiger partial charge in [0.15, 0.2) is 0 Å². The molecule has 0 radical (unpaired) electrons. The van der Waals surface area contributed by atoms with Crippen LogP contribution >= 0.6 is 0 Å². The third-order valence-corrected chi connectivity index (χ3v) is 8.31. The van der Waals surface area contributed by atoms with Crippen molar-refractivity contribution >= 4 is 27.5 Å². The molecular formula is C20H27N3O4S. The molecule has 152 valence electrons. The number of nitrogens with one attached hydrogen (secondary N) is 1. The summed E-state index contributed by atoms with van der Waals surface area (Å²) < 4.78 is 25.9. The van der Waals surface area contributed by atoms with Gasteiger partial charge in [-0.15, -0.1) is 0 Å². The molecule has 28 heavy (non-hydrogen) atoms. The van der Waals surface area contributed by atoms with Crippen molar-refractivity contribution in [3.05, 3.63) is 29.3 Å². The fourth-order valence-corrected chi connectivity index (χ4v) is 5.48. The van der Waals surface area contributed by atoms with Gasteiger partial charge in [-0.3, -0.25) is 9.59 Å². The average molecular weight is 406 g/mol. The van der Waals surface area contributed by atoms with Gasteiger partial charge in [0.2, 0.25) is 15.9 Å². The van der Waals surface area contributed by atoms with E-state index in [1.54, 1.807) is 24.9 Å². The van der Waals surface area contributed by atoms with Gasteiger partial charge in [-0.2, -0.15) is 0 Å². The number of benzene rings is 1. The highest BCUT2D eigenvalue weighted by atomic mass is 32.2. The summed E-state index contributed by atoms with van der Waals surface area (Å²) in [5.41, 5.74) is 1.49. The zero-order chi connectivity index (χ0) is 20.1. The molecule has 1 aromatic rings. The van der Waals surface area contributed by atoms with E-state index in [4.69, 9.17) is 0 Å². The molecule has 1 saturated heterocycles. The molecule has 2 amide bonds. The molecule has 1 spiro atoms. The molecule has 1 aliphatic carbocycles. The van der Waals surface area contributed by atoms with Crippen molar-refractivity contribution < 1.29 is 18.0 Å². The lowest BCUT2D eigenvalue weighted by atomic mass is 9.74. The number of carbonyl (C=O) groups is 2. The lowest BCUT2D eigenvalue weighted by molar-refractivity contribution is -0.124. The highest BCUT2D eigenvalue weighted by Gasteiger charge is 2.52. The zero-order valence-corrected chi connectivity index (χ0v) is 17.2. The van der Waals surface area contributed by atoms with E-state index in [2.05, 4.69) is 5.32 Å². The second-order valence-corrected chi connectivity index (χ2v) is 10.4. The van der Waals surface area contributed by atoms with Crippen LogP contribution in [0, 0.1) is 5.92 Å². The van der Waals surface area contributed by atoms with Crippen molar-refractivity contribution in [1.29, 1.82) is 0 Å². The highest BCUT2D eigenvalue weighted by Crippen LogP contribution is 2.48. The first-order chi connectivity index (χ1) is 13.3. The van der Waals surface area contributed by atoms with Crippen molar-refractivity contribution in [1.82, 2.24) is 9.62 Å². The normalized spacial score (nSPS) is 21.8. The Balaban J connectivity index is 1.61. The minimum absolute atomic E-state index is 0.00779. The van der Waals surface area contributed by atoms with Gasteiger partial charge in [-0.05, 0) is 62.3 Å². The fourth-order valence-electron chi connectivity index (χ4n) is 4.37. The molecule has 2 fully saturated rings. The van der Waals surface area contributed by atoms with E-state index in [1.807, 2.05) is 12.1 Å². The van der Waals surface area contributed by atoms with E-state index in [1.165, 1.54) is 17.1 Å². The molecule has 1 N–H and O–H groups in total. The van der Waals surface area contributed by atoms with Crippen LogP contribution in [-0.2, 0) is 20.2 Å². The van der Waals surface area contributed by atoms with Crippen LogP contribution in [0.4, 0.5) is 5.69 Å². The first kappa shape index (κ1) is 19.4. The number of amides is 2. The van der Waals surface area contributed by atoms with Crippen LogP contribution < -0.4 is 10.2 Å². The van der Waals surface area contributed by atoms with E-state index in [0.29, 0.717) is 44.0 Å². The summed E-state index contributed by atoms with van der Waals surface area (Å²) in [6, 6.07) is 5.44. The maximum atomic E-state index is 13.1. The topological polar surface area (TPSA) is 86.8 Å². The summed E-state index contributed by atoms with van der Waals surface area (Å²) >= 11 is 0. The monoisotopic (exact) mass is 405 g/mol. The Hall–Kier alpha value is -1.93. The van der Waals surface area contributed by atoms with E-state index < -0.39 is 15.4 Å². The van der Waals surface area contributed by atoms with Gasteiger partial charge in [0.25, 0.3) is 5.91 Å². The van der Waals surface area contributed by atoms with E-state index >= 15 is 0 Å². The third-order valence-electron chi connectivity index (χ3n) is 6.43. The third kappa shape index (κ3) is 3.12.